The van der Waals surface area contributed by atoms with E-state index in [1.54, 1.807) is 24.3 Å². The lowest BCUT2D eigenvalue weighted by molar-refractivity contribution is 0.102. The molecule has 0 atom stereocenters. The van der Waals surface area contributed by atoms with Gasteiger partial charge in [-0.05, 0) is 59.9 Å². The fraction of sp³-hybridized carbons (Fsp3) is 0.208. The molecule has 0 aliphatic carbocycles. The van der Waals surface area contributed by atoms with Crippen LogP contribution in [0.4, 0.5) is 5.69 Å². The molecule has 1 amide bonds. The molecule has 0 bridgehead atoms. The van der Waals surface area contributed by atoms with Gasteiger partial charge in [0.1, 0.15) is 0 Å². The highest BCUT2D eigenvalue weighted by molar-refractivity contribution is 7.89. The number of anilines is 1. The second-order valence-corrected chi connectivity index (χ2v) is 9.16. The SMILES string of the molecule is CC(C)c1ccc(C(=O)Nc2ccc(S(=O)(=O)NCCc3ccccc3)cc2)cc1. The van der Waals surface area contributed by atoms with Crippen LogP contribution in [-0.2, 0) is 16.4 Å². The highest BCUT2D eigenvalue weighted by Gasteiger charge is 2.14. The molecule has 0 aliphatic heterocycles. The van der Waals surface area contributed by atoms with Gasteiger partial charge < -0.3 is 5.32 Å². The normalized spacial score (nSPS) is 11.4. The van der Waals surface area contributed by atoms with Crippen molar-refractivity contribution in [1.82, 2.24) is 4.72 Å². The first-order valence-corrected chi connectivity index (χ1v) is 11.4. The van der Waals surface area contributed by atoms with Gasteiger partial charge >= 0.3 is 0 Å². The second kappa shape index (κ2) is 9.69. The zero-order valence-electron chi connectivity index (χ0n) is 17.1. The number of rotatable bonds is 8. The second-order valence-electron chi connectivity index (χ2n) is 7.39. The largest absolute Gasteiger partial charge is 0.322 e. The minimum Gasteiger partial charge on any atom is -0.322 e. The topological polar surface area (TPSA) is 75.3 Å². The minimum atomic E-state index is -3.60. The van der Waals surface area contributed by atoms with E-state index in [0.29, 0.717) is 30.1 Å². The van der Waals surface area contributed by atoms with E-state index in [2.05, 4.69) is 23.9 Å². The van der Waals surface area contributed by atoms with E-state index in [4.69, 9.17) is 0 Å². The van der Waals surface area contributed by atoms with Crippen LogP contribution >= 0.6 is 0 Å². The van der Waals surface area contributed by atoms with Gasteiger partial charge in [-0.25, -0.2) is 13.1 Å². The van der Waals surface area contributed by atoms with Crippen molar-refractivity contribution in [3.63, 3.8) is 0 Å². The summed E-state index contributed by atoms with van der Waals surface area (Å²) in [5.74, 6) is 0.166. The molecule has 0 aromatic heterocycles. The van der Waals surface area contributed by atoms with Gasteiger partial charge in [-0.2, -0.15) is 0 Å². The maximum Gasteiger partial charge on any atom is 0.255 e. The number of nitrogens with one attached hydrogen (secondary N) is 2. The average Bonchev–Trinajstić information content (AvgIpc) is 2.75. The zero-order valence-corrected chi connectivity index (χ0v) is 17.9. The molecule has 3 aromatic rings. The van der Waals surface area contributed by atoms with Crippen molar-refractivity contribution in [3.05, 3.63) is 95.6 Å². The van der Waals surface area contributed by atoms with Crippen molar-refractivity contribution in [2.75, 3.05) is 11.9 Å². The first kappa shape index (κ1) is 21.7. The maximum absolute atomic E-state index is 12.5. The third-order valence-corrected chi connectivity index (χ3v) is 6.29. The van der Waals surface area contributed by atoms with Crippen LogP contribution in [0.3, 0.4) is 0 Å². The van der Waals surface area contributed by atoms with Crippen LogP contribution in [0.5, 0.6) is 0 Å². The smallest absolute Gasteiger partial charge is 0.255 e. The van der Waals surface area contributed by atoms with Gasteiger partial charge in [0.2, 0.25) is 10.0 Å². The molecule has 0 radical (unpaired) electrons. The van der Waals surface area contributed by atoms with Gasteiger partial charge in [-0.15, -0.1) is 0 Å². The Morgan fingerprint density at radius 3 is 2.10 bits per heavy atom. The summed E-state index contributed by atoms with van der Waals surface area (Å²) in [5, 5.41) is 2.80. The Bertz CT molecular complexity index is 1080. The van der Waals surface area contributed by atoms with Gasteiger partial charge in [0.05, 0.1) is 4.90 Å². The van der Waals surface area contributed by atoms with E-state index < -0.39 is 10.0 Å². The first-order chi connectivity index (χ1) is 14.3. The monoisotopic (exact) mass is 422 g/mol. The molecule has 0 unspecified atom stereocenters. The van der Waals surface area contributed by atoms with Crippen molar-refractivity contribution in [2.45, 2.75) is 31.1 Å². The van der Waals surface area contributed by atoms with Crippen LogP contribution in [-0.4, -0.2) is 20.9 Å². The first-order valence-electron chi connectivity index (χ1n) is 9.90. The highest BCUT2D eigenvalue weighted by atomic mass is 32.2. The average molecular weight is 423 g/mol. The number of carbonyl (C=O) groups is 1. The Kier molecular flexibility index (Phi) is 7.03. The van der Waals surface area contributed by atoms with E-state index in [0.717, 1.165) is 5.56 Å². The van der Waals surface area contributed by atoms with Crippen molar-refractivity contribution >= 4 is 21.6 Å². The molecule has 2 N–H and O–H groups in total. The lowest BCUT2D eigenvalue weighted by Gasteiger charge is -2.10. The Morgan fingerprint density at radius 1 is 0.867 bits per heavy atom. The van der Waals surface area contributed by atoms with Crippen LogP contribution in [0.15, 0.2) is 83.8 Å². The number of carbonyl (C=O) groups excluding carboxylic acids is 1. The third kappa shape index (κ3) is 5.78. The van der Waals surface area contributed by atoms with Crippen molar-refractivity contribution in [1.29, 1.82) is 0 Å². The number of hydrogen-bond acceptors (Lipinski definition) is 3. The van der Waals surface area contributed by atoms with Crippen molar-refractivity contribution in [2.24, 2.45) is 0 Å². The van der Waals surface area contributed by atoms with Gasteiger partial charge in [-0.3, -0.25) is 4.79 Å². The minimum absolute atomic E-state index is 0.162. The fourth-order valence-corrected chi connectivity index (χ4v) is 4.03. The number of sulfonamides is 1. The van der Waals surface area contributed by atoms with E-state index in [9.17, 15) is 13.2 Å². The van der Waals surface area contributed by atoms with Crippen molar-refractivity contribution < 1.29 is 13.2 Å². The quantitative estimate of drug-likeness (QED) is 0.558. The number of hydrogen-bond donors (Lipinski definition) is 2. The molecule has 0 spiro atoms. The van der Waals surface area contributed by atoms with Crippen LogP contribution in [0.25, 0.3) is 0 Å². The fourth-order valence-electron chi connectivity index (χ4n) is 3.00. The molecule has 156 valence electrons. The third-order valence-electron chi connectivity index (χ3n) is 4.81. The molecule has 0 fully saturated rings. The summed E-state index contributed by atoms with van der Waals surface area (Å²) in [6.07, 6.45) is 0.615. The highest BCUT2D eigenvalue weighted by Crippen LogP contribution is 2.17. The molecular formula is C24H26N2O3S. The Balaban J connectivity index is 1.58. The lowest BCUT2D eigenvalue weighted by atomic mass is 10.0. The lowest BCUT2D eigenvalue weighted by Crippen LogP contribution is -2.26. The number of amides is 1. The van der Waals surface area contributed by atoms with Gasteiger partial charge in [0.15, 0.2) is 0 Å². The standard InChI is InChI=1S/C24H26N2O3S/c1-18(2)20-8-10-21(11-9-20)24(27)26-22-12-14-23(15-13-22)30(28,29)25-17-16-19-6-4-3-5-7-19/h3-15,18,25H,16-17H2,1-2H3,(H,26,27). The summed E-state index contributed by atoms with van der Waals surface area (Å²) >= 11 is 0. The van der Waals surface area contributed by atoms with E-state index in [1.807, 2.05) is 42.5 Å². The summed E-state index contributed by atoms with van der Waals surface area (Å²) in [6, 6.07) is 23.3. The number of benzene rings is 3. The molecule has 3 rings (SSSR count). The van der Waals surface area contributed by atoms with Crippen LogP contribution in [0, 0.1) is 0 Å². The summed E-state index contributed by atoms with van der Waals surface area (Å²) in [6.45, 7) is 4.51. The Hall–Kier alpha value is -2.96. The van der Waals surface area contributed by atoms with Gasteiger partial charge in [0.25, 0.3) is 5.91 Å². The van der Waals surface area contributed by atoms with Crippen LogP contribution in [0.1, 0.15) is 41.3 Å². The Labute approximate surface area is 178 Å². The predicted octanol–water partition coefficient (Wildman–Crippen LogP) is 4.58. The molecule has 6 heteroatoms. The zero-order chi connectivity index (χ0) is 21.6. The molecule has 30 heavy (non-hydrogen) atoms. The summed E-state index contributed by atoms with van der Waals surface area (Å²) in [5.41, 5.74) is 3.33. The van der Waals surface area contributed by atoms with Gasteiger partial charge in [0, 0.05) is 17.8 Å². The molecule has 3 aromatic carbocycles. The summed E-state index contributed by atoms with van der Waals surface area (Å²) in [4.78, 5) is 12.6. The van der Waals surface area contributed by atoms with Crippen molar-refractivity contribution in [3.8, 4) is 0 Å². The maximum atomic E-state index is 12.5. The Morgan fingerprint density at radius 2 is 1.50 bits per heavy atom. The molecule has 0 saturated heterocycles. The van der Waals surface area contributed by atoms with E-state index in [1.165, 1.54) is 17.7 Å². The van der Waals surface area contributed by atoms with E-state index >= 15 is 0 Å². The molecule has 0 saturated carbocycles. The van der Waals surface area contributed by atoms with Crippen LogP contribution < -0.4 is 10.0 Å². The summed E-state index contributed by atoms with van der Waals surface area (Å²) in [7, 11) is -3.60. The van der Waals surface area contributed by atoms with E-state index in [-0.39, 0.29) is 10.8 Å². The molecule has 0 aliphatic rings. The van der Waals surface area contributed by atoms with Gasteiger partial charge in [-0.1, -0.05) is 56.3 Å². The molecule has 5 nitrogen and oxygen atoms in total. The molecule has 0 heterocycles. The molecular weight excluding hydrogens is 396 g/mol. The summed E-state index contributed by atoms with van der Waals surface area (Å²) < 4.78 is 27.5. The predicted molar refractivity (Wildman–Crippen MR) is 120 cm³/mol. The van der Waals surface area contributed by atoms with Crippen LogP contribution in [0.2, 0.25) is 0 Å².